The second kappa shape index (κ2) is 5.23. The van der Waals surface area contributed by atoms with Crippen LogP contribution in [0.15, 0.2) is 0 Å². The Bertz CT molecular complexity index is 317. The lowest BCUT2D eigenvalue weighted by atomic mass is 10.2. The molecule has 0 saturated carbocycles. The van der Waals surface area contributed by atoms with E-state index in [1.807, 2.05) is 6.92 Å². The van der Waals surface area contributed by atoms with Crippen LogP contribution in [0.4, 0.5) is 0 Å². The Kier molecular flexibility index (Phi) is 5.16. The third-order valence-corrected chi connectivity index (χ3v) is 4.49. The van der Waals surface area contributed by atoms with Gasteiger partial charge >= 0.3 is 0 Å². The first-order chi connectivity index (χ1) is 6.60. The molecule has 0 aromatic rings. The molecule has 3 N–H and O–H groups in total. The predicted octanol–water partition coefficient (Wildman–Crippen LogP) is 1.16. The van der Waals surface area contributed by atoms with Crippen molar-refractivity contribution < 1.29 is 8.42 Å². The summed E-state index contributed by atoms with van der Waals surface area (Å²) in [5.74, 6) is 0. The SMILES string of the molecule is CCC(CC(N)=S)NS(=O)(=O)C(C)(C)C. The zero-order valence-corrected chi connectivity index (χ0v) is 11.3. The monoisotopic (exact) mass is 252 g/mol. The van der Waals surface area contributed by atoms with Gasteiger partial charge in [-0.1, -0.05) is 19.1 Å². The van der Waals surface area contributed by atoms with Gasteiger partial charge < -0.3 is 5.73 Å². The van der Waals surface area contributed by atoms with E-state index in [0.29, 0.717) is 17.8 Å². The highest BCUT2D eigenvalue weighted by atomic mass is 32.2. The van der Waals surface area contributed by atoms with Crippen LogP contribution >= 0.6 is 12.2 Å². The van der Waals surface area contributed by atoms with E-state index in [2.05, 4.69) is 4.72 Å². The van der Waals surface area contributed by atoms with Gasteiger partial charge in [0.1, 0.15) is 0 Å². The van der Waals surface area contributed by atoms with Crippen LogP contribution in [0.3, 0.4) is 0 Å². The van der Waals surface area contributed by atoms with Crippen LogP contribution in [0.5, 0.6) is 0 Å². The minimum Gasteiger partial charge on any atom is -0.393 e. The lowest BCUT2D eigenvalue weighted by Crippen LogP contribution is -2.45. The van der Waals surface area contributed by atoms with Gasteiger partial charge in [-0.05, 0) is 27.2 Å². The molecular weight excluding hydrogens is 232 g/mol. The van der Waals surface area contributed by atoms with Crippen molar-refractivity contribution in [3.05, 3.63) is 0 Å². The molecule has 6 heteroatoms. The summed E-state index contributed by atoms with van der Waals surface area (Å²) in [5.41, 5.74) is 5.39. The lowest BCUT2D eigenvalue weighted by Gasteiger charge is -2.24. The van der Waals surface area contributed by atoms with E-state index in [0.717, 1.165) is 0 Å². The molecule has 0 aromatic heterocycles. The maximum Gasteiger partial charge on any atom is 0.216 e. The molecule has 0 fully saturated rings. The summed E-state index contributed by atoms with van der Waals surface area (Å²) < 4.78 is 25.4. The molecule has 0 aliphatic rings. The van der Waals surface area contributed by atoms with Crippen molar-refractivity contribution in [1.29, 1.82) is 0 Å². The van der Waals surface area contributed by atoms with Crippen molar-refractivity contribution in [2.75, 3.05) is 0 Å². The van der Waals surface area contributed by atoms with Gasteiger partial charge in [-0.15, -0.1) is 0 Å². The summed E-state index contributed by atoms with van der Waals surface area (Å²) in [6.07, 6.45) is 1.08. The standard InChI is InChI=1S/C9H20N2O2S2/c1-5-7(6-8(10)14)11-15(12,13)9(2,3)4/h7,11H,5-6H2,1-4H3,(H2,10,14). The highest BCUT2D eigenvalue weighted by molar-refractivity contribution is 7.90. The molecule has 0 aromatic carbocycles. The Balaban J connectivity index is 4.63. The van der Waals surface area contributed by atoms with Crippen LogP contribution in [-0.2, 0) is 10.0 Å². The Hall–Kier alpha value is -0.200. The number of rotatable bonds is 5. The van der Waals surface area contributed by atoms with E-state index in [-0.39, 0.29) is 6.04 Å². The van der Waals surface area contributed by atoms with Crippen molar-refractivity contribution in [2.45, 2.75) is 51.3 Å². The van der Waals surface area contributed by atoms with Crippen LogP contribution in [0, 0.1) is 0 Å². The number of thiocarbonyl (C=S) groups is 1. The first-order valence-electron chi connectivity index (χ1n) is 4.90. The second-order valence-corrected chi connectivity index (χ2v) is 7.50. The van der Waals surface area contributed by atoms with Crippen molar-refractivity contribution in [3.63, 3.8) is 0 Å². The molecule has 0 heterocycles. The van der Waals surface area contributed by atoms with Crippen molar-refractivity contribution in [1.82, 2.24) is 4.72 Å². The zero-order valence-electron chi connectivity index (χ0n) is 9.70. The van der Waals surface area contributed by atoms with Gasteiger partial charge in [0.25, 0.3) is 0 Å². The van der Waals surface area contributed by atoms with Crippen molar-refractivity contribution in [2.24, 2.45) is 5.73 Å². The molecule has 0 aliphatic heterocycles. The molecule has 0 radical (unpaired) electrons. The number of nitrogens with two attached hydrogens (primary N) is 1. The van der Waals surface area contributed by atoms with Gasteiger partial charge in [0.2, 0.25) is 10.0 Å². The van der Waals surface area contributed by atoms with Gasteiger partial charge in [0.05, 0.1) is 9.74 Å². The van der Waals surface area contributed by atoms with Crippen LogP contribution < -0.4 is 10.5 Å². The summed E-state index contributed by atoms with van der Waals surface area (Å²) in [4.78, 5) is 0.332. The number of hydrogen-bond acceptors (Lipinski definition) is 3. The van der Waals surface area contributed by atoms with E-state index in [9.17, 15) is 8.42 Å². The molecule has 0 spiro atoms. The largest absolute Gasteiger partial charge is 0.393 e. The van der Waals surface area contributed by atoms with Crippen LogP contribution in [-0.4, -0.2) is 24.2 Å². The van der Waals surface area contributed by atoms with E-state index in [1.165, 1.54) is 0 Å². The average Bonchev–Trinajstić information content (AvgIpc) is 1.99. The summed E-state index contributed by atoms with van der Waals surface area (Å²) in [6.45, 7) is 6.86. The summed E-state index contributed by atoms with van der Waals surface area (Å²) >= 11 is 4.76. The Morgan fingerprint density at radius 2 is 1.93 bits per heavy atom. The normalized spacial score (nSPS) is 14.9. The molecular formula is C9H20N2O2S2. The fraction of sp³-hybridized carbons (Fsp3) is 0.889. The third-order valence-electron chi connectivity index (χ3n) is 2.07. The predicted molar refractivity (Wildman–Crippen MR) is 67.3 cm³/mol. The van der Waals surface area contributed by atoms with Gasteiger partial charge in [0.15, 0.2) is 0 Å². The maximum absolute atomic E-state index is 11.8. The molecule has 0 bridgehead atoms. The summed E-state index contributed by atoms with van der Waals surface area (Å²) in [5, 5.41) is 0. The van der Waals surface area contributed by atoms with Crippen molar-refractivity contribution >= 4 is 27.2 Å². The quantitative estimate of drug-likeness (QED) is 0.720. The first-order valence-corrected chi connectivity index (χ1v) is 6.79. The van der Waals surface area contributed by atoms with Gasteiger partial charge in [-0.2, -0.15) is 0 Å². The Morgan fingerprint density at radius 3 is 2.20 bits per heavy atom. The Labute approximate surface area is 97.7 Å². The minimum absolute atomic E-state index is 0.202. The minimum atomic E-state index is -3.32. The molecule has 90 valence electrons. The third kappa shape index (κ3) is 4.90. The number of nitrogens with one attached hydrogen (secondary N) is 1. The maximum atomic E-state index is 11.8. The summed E-state index contributed by atoms with van der Waals surface area (Å²) in [6, 6.07) is -0.202. The molecule has 1 atom stereocenters. The topological polar surface area (TPSA) is 72.2 Å². The average molecular weight is 252 g/mol. The van der Waals surface area contributed by atoms with Gasteiger partial charge in [-0.3, -0.25) is 0 Å². The number of sulfonamides is 1. The highest BCUT2D eigenvalue weighted by Gasteiger charge is 2.30. The fourth-order valence-electron chi connectivity index (χ4n) is 0.908. The molecule has 1 unspecified atom stereocenters. The fourth-order valence-corrected chi connectivity index (χ4v) is 2.15. The van der Waals surface area contributed by atoms with E-state index in [4.69, 9.17) is 18.0 Å². The van der Waals surface area contributed by atoms with E-state index in [1.54, 1.807) is 20.8 Å². The molecule has 0 saturated heterocycles. The van der Waals surface area contributed by atoms with E-state index < -0.39 is 14.8 Å². The zero-order chi connectivity index (χ0) is 12.3. The van der Waals surface area contributed by atoms with Crippen molar-refractivity contribution in [3.8, 4) is 0 Å². The molecule has 4 nitrogen and oxygen atoms in total. The smallest absolute Gasteiger partial charge is 0.216 e. The number of hydrogen-bond donors (Lipinski definition) is 2. The van der Waals surface area contributed by atoms with Crippen LogP contribution in [0.1, 0.15) is 40.5 Å². The molecule has 0 aliphatic carbocycles. The molecule has 15 heavy (non-hydrogen) atoms. The lowest BCUT2D eigenvalue weighted by molar-refractivity contribution is 0.517. The molecule has 0 amide bonds. The highest BCUT2D eigenvalue weighted by Crippen LogP contribution is 2.15. The van der Waals surface area contributed by atoms with Crippen LogP contribution in [0.2, 0.25) is 0 Å². The van der Waals surface area contributed by atoms with Gasteiger partial charge in [0, 0.05) is 12.5 Å². The summed E-state index contributed by atoms with van der Waals surface area (Å²) in [7, 11) is -3.32. The second-order valence-electron chi connectivity index (χ2n) is 4.51. The van der Waals surface area contributed by atoms with Gasteiger partial charge in [-0.25, -0.2) is 13.1 Å². The van der Waals surface area contributed by atoms with E-state index >= 15 is 0 Å². The van der Waals surface area contributed by atoms with Crippen LogP contribution in [0.25, 0.3) is 0 Å². The first kappa shape index (κ1) is 14.8. The Morgan fingerprint density at radius 1 is 1.47 bits per heavy atom. The molecule has 0 rings (SSSR count).